The maximum atomic E-state index is 9.61. The lowest BCUT2D eigenvalue weighted by molar-refractivity contribution is 0.124. The van der Waals surface area contributed by atoms with E-state index in [2.05, 4.69) is 5.10 Å². The number of aryl methyl sites for hydroxylation is 1. The van der Waals surface area contributed by atoms with Gasteiger partial charge in [-0.1, -0.05) is 0 Å². The molecule has 4 heteroatoms. The van der Waals surface area contributed by atoms with Gasteiger partial charge in [0.2, 0.25) is 0 Å². The monoisotopic (exact) mass is 182 g/mol. The van der Waals surface area contributed by atoms with Crippen LogP contribution in [0.15, 0.2) is 12.3 Å². The van der Waals surface area contributed by atoms with Crippen LogP contribution in [0.4, 0.5) is 0 Å². The van der Waals surface area contributed by atoms with E-state index in [4.69, 9.17) is 4.74 Å². The normalized spacial score (nSPS) is 28.2. The summed E-state index contributed by atoms with van der Waals surface area (Å²) in [6.07, 6.45) is 1.39. The van der Waals surface area contributed by atoms with Crippen molar-refractivity contribution in [2.45, 2.75) is 25.5 Å². The molecule has 0 spiro atoms. The smallest absolute Gasteiger partial charge is 0.0879 e. The number of hydrogen-bond donors (Lipinski definition) is 1. The molecule has 2 rings (SSSR count). The van der Waals surface area contributed by atoms with Crippen molar-refractivity contribution in [3.8, 4) is 0 Å². The quantitative estimate of drug-likeness (QED) is 0.719. The molecular weight excluding hydrogens is 168 g/mol. The summed E-state index contributed by atoms with van der Waals surface area (Å²) in [6, 6.07) is 1.95. The van der Waals surface area contributed by atoms with Gasteiger partial charge in [-0.15, -0.1) is 0 Å². The second kappa shape index (κ2) is 3.47. The number of aromatic nitrogens is 2. The van der Waals surface area contributed by atoms with E-state index in [0.29, 0.717) is 13.2 Å². The molecule has 1 fully saturated rings. The van der Waals surface area contributed by atoms with E-state index in [1.807, 2.05) is 17.7 Å². The fourth-order valence-corrected chi connectivity index (χ4v) is 1.75. The Morgan fingerprint density at radius 1 is 1.69 bits per heavy atom. The second-order valence-electron chi connectivity index (χ2n) is 3.28. The van der Waals surface area contributed by atoms with Gasteiger partial charge in [0.25, 0.3) is 0 Å². The van der Waals surface area contributed by atoms with E-state index >= 15 is 0 Å². The maximum Gasteiger partial charge on any atom is 0.0879 e. The summed E-state index contributed by atoms with van der Waals surface area (Å²) in [6.45, 7) is 3.93. The standard InChI is InChI=1S/C9H14N2O2/c1-2-11-8(3-4-10-11)7-5-13-6-9(7)12/h3-4,7,9,12H,2,5-6H2,1H3. The van der Waals surface area contributed by atoms with Crippen LogP contribution >= 0.6 is 0 Å². The Bertz CT molecular complexity index is 285. The molecule has 1 aliphatic heterocycles. The molecule has 0 amide bonds. The molecular formula is C9H14N2O2. The van der Waals surface area contributed by atoms with E-state index in [-0.39, 0.29) is 12.0 Å². The molecule has 0 aliphatic carbocycles. The summed E-state index contributed by atoms with van der Waals surface area (Å²) in [5.74, 6) is 0.0995. The molecule has 2 unspecified atom stereocenters. The maximum absolute atomic E-state index is 9.61. The molecule has 2 atom stereocenters. The molecule has 4 nitrogen and oxygen atoms in total. The molecule has 0 bridgehead atoms. The first-order chi connectivity index (χ1) is 6.33. The molecule has 1 aliphatic rings. The minimum absolute atomic E-state index is 0.0995. The molecule has 72 valence electrons. The van der Waals surface area contributed by atoms with Crippen LogP contribution in [0.2, 0.25) is 0 Å². The average molecular weight is 182 g/mol. The van der Waals surface area contributed by atoms with Gasteiger partial charge in [0, 0.05) is 18.4 Å². The summed E-state index contributed by atoms with van der Waals surface area (Å²) >= 11 is 0. The van der Waals surface area contributed by atoms with Crippen molar-refractivity contribution in [3.63, 3.8) is 0 Å². The van der Waals surface area contributed by atoms with E-state index in [1.165, 1.54) is 0 Å². The van der Waals surface area contributed by atoms with Gasteiger partial charge in [-0.25, -0.2) is 0 Å². The molecule has 2 heterocycles. The molecule has 0 aromatic carbocycles. The molecule has 1 aromatic heterocycles. The van der Waals surface area contributed by atoms with Crippen molar-refractivity contribution in [1.29, 1.82) is 0 Å². The number of nitrogens with zero attached hydrogens (tertiary/aromatic N) is 2. The van der Waals surface area contributed by atoms with Gasteiger partial charge >= 0.3 is 0 Å². The minimum atomic E-state index is -0.373. The number of hydrogen-bond acceptors (Lipinski definition) is 3. The van der Waals surface area contributed by atoms with Gasteiger partial charge in [-0.2, -0.15) is 5.10 Å². The van der Waals surface area contributed by atoms with E-state index in [0.717, 1.165) is 12.2 Å². The van der Waals surface area contributed by atoms with Crippen LogP contribution in [0.5, 0.6) is 0 Å². The van der Waals surface area contributed by atoms with E-state index in [1.54, 1.807) is 6.20 Å². The summed E-state index contributed by atoms with van der Waals surface area (Å²) in [7, 11) is 0. The highest BCUT2D eigenvalue weighted by Gasteiger charge is 2.29. The highest BCUT2D eigenvalue weighted by molar-refractivity contribution is 5.11. The summed E-state index contributed by atoms with van der Waals surface area (Å²) in [4.78, 5) is 0. The van der Waals surface area contributed by atoms with Crippen molar-refractivity contribution >= 4 is 0 Å². The second-order valence-corrected chi connectivity index (χ2v) is 3.28. The van der Waals surface area contributed by atoms with Crippen LogP contribution in [0.25, 0.3) is 0 Å². The third kappa shape index (κ3) is 1.47. The Balaban J connectivity index is 2.23. The van der Waals surface area contributed by atoms with Crippen molar-refractivity contribution < 1.29 is 9.84 Å². The highest BCUT2D eigenvalue weighted by atomic mass is 16.5. The number of ether oxygens (including phenoxy) is 1. The van der Waals surface area contributed by atoms with Crippen molar-refractivity contribution in [2.24, 2.45) is 0 Å². The van der Waals surface area contributed by atoms with Crippen LogP contribution in [0, 0.1) is 0 Å². The van der Waals surface area contributed by atoms with Gasteiger partial charge < -0.3 is 9.84 Å². The lowest BCUT2D eigenvalue weighted by Crippen LogP contribution is -2.19. The van der Waals surface area contributed by atoms with Crippen LogP contribution in [-0.2, 0) is 11.3 Å². The summed E-state index contributed by atoms with van der Waals surface area (Å²) < 4.78 is 7.11. The fourth-order valence-electron chi connectivity index (χ4n) is 1.75. The topological polar surface area (TPSA) is 47.3 Å². The Kier molecular flexibility index (Phi) is 2.33. The van der Waals surface area contributed by atoms with Crippen LogP contribution < -0.4 is 0 Å². The Hall–Kier alpha value is -0.870. The predicted molar refractivity (Wildman–Crippen MR) is 47.5 cm³/mol. The summed E-state index contributed by atoms with van der Waals surface area (Å²) in [5, 5.41) is 13.8. The Labute approximate surface area is 77.1 Å². The largest absolute Gasteiger partial charge is 0.390 e. The number of aliphatic hydroxyl groups is 1. The lowest BCUT2D eigenvalue weighted by Gasteiger charge is -2.13. The zero-order valence-electron chi connectivity index (χ0n) is 7.68. The number of aliphatic hydroxyl groups excluding tert-OH is 1. The van der Waals surface area contributed by atoms with Crippen molar-refractivity contribution in [2.75, 3.05) is 13.2 Å². The zero-order valence-corrected chi connectivity index (χ0v) is 7.68. The van der Waals surface area contributed by atoms with Gasteiger partial charge in [0.05, 0.1) is 25.2 Å². The molecule has 0 saturated carbocycles. The molecule has 1 saturated heterocycles. The third-order valence-corrected chi connectivity index (χ3v) is 2.48. The van der Waals surface area contributed by atoms with Gasteiger partial charge in [-0.3, -0.25) is 4.68 Å². The number of rotatable bonds is 2. The highest BCUT2D eigenvalue weighted by Crippen LogP contribution is 2.25. The van der Waals surface area contributed by atoms with E-state index in [9.17, 15) is 5.11 Å². The van der Waals surface area contributed by atoms with Gasteiger partial charge in [-0.05, 0) is 13.0 Å². The van der Waals surface area contributed by atoms with Crippen LogP contribution in [0.1, 0.15) is 18.5 Å². The summed E-state index contributed by atoms with van der Waals surface area (Å²) in [5.41, 5.74) is 1.08. The van der Waals surface area contributed by atoms with Gasteiger partial charge in [0.15, 0.2) is 0 Å². The third-order valence-electron chi connectivity index (χ3n) is 2.48. The lowest BCUT2D eigenvalue weighted by atomic mass is 10.0. The fraction of sp³-hybridized carbons (Fsp3) is 0.667. The molecule has 0 radical (unpaired) electrons. The Morgan fingerprint density at radius 2 is 2.54 bits per heavy atom. The van der Waals surface area contributed by atoms with Crippen molar-refractivity contribution in [3.05, 3.63) is 18.0 Å². The Morgan fingerprint density at radius 3 is 3.15 bits per heavy atom. The van der Waals surface area contributed by atoms with Crippen LogP contribution in [-0.4, -0.2) is 34.2 Å². The van der Waals surface area contributed by atoms with Gasteiger partial charge in [0.1, 0.15) is 0 Å². The molecule has 1 aromatic rings. The first-order valence-corrected chi connectivity index (χ1v) is 4.60. The van der Waals surface area contributed by atoms with Crippen LogP contribution in [0.3, 0.4) is 0 Å². The average Bonchev–Trinajstić information content (AvgIpc) is 2.71. The minimum Gasteiger partial charge on any atom is -0.390 e. The first kappa shape index (κ1) is 8.72. The first-order valence-electron chi connectivity index (χ1n) is 4.60. The molecule has 1 N–H and O–H groups in total. The SMILES string of the molecule is CCn1nccc1C1COCC1O. The van der Waals surface area contributed by atoms with Crippen molar-refractivity contribution in [1.82, 2.24) is 9.78 Å². The van der Waals surface area contributed by atoms with E-state index < -0.39 is 0 Å². The predicted octanol–water partition coefficient (Wildman–Crippen LogP) is 0.378. The molecule has 13 heavy (non-hydrogen) atoms. The zero-order chi connectivity index (χ0) is 9.26.